The lowest BCUT2D eigenvalue weighted by Crippen LogP contribution is -2.67. The molecule has 0 bridgehead atoms. The first-order chi connectivity index (χ1) is 21.4. The van der Waals surface area contributed by atoms with Crippen molar-refractivity contribution in [1.29, 1.82) is 0 Å². The first-order valence-electron chi connectivity index (χ1n) is 17.9. The number of aliphatic carboxylic acids is 2. The van der Waals surface area contributed by atoms with Crippen molar-refractivity contribution < 1.29 is 38.9 Å². The van der Waals surface area contributed by atoms with Gasteiger partial charge < -0.3 is 19.7 Å². The fraction of sp³-hybridized carbons (Fsp3) is 0.842. The molecule has 8 nitrogen and oxygen atoms in total. The van der Waals surface area contributed by atoms with Gasteiger partial charge in [0.05, 0.1) is 32.3 Å². The second-order valence-corrected chi connectivity index (χ2v) is 17.3. The van der Waals surface area contributed by atoms with E-state index in [-0.39, 0.29) is 58.9 Å². The van der Waals surface area contributed by atoms with Crippen LogP contribution in [-0.4, -0.2) is 46.8 Å². The van der Waals surface area contributed by atoms with Gasteiger partial charge in [0.15, 0.2) is 0 Å². The summed E-state index contributed by atoms with van der Waals surface area (Å²) >= 11 is 0. The molecule has 7 unspecified atom stereocenters. The van der Waals surface area contributed by atoms with Crippen molar-refractivity contribution in [3.05, 3.63) is 12.2 Å². The largest absolute Gasteiger partial charge is 0.481 e. The Kier molecular flexibility index (Phi) is 9.31. The van der Waals surface area contributed by atoms with Crippen LogP contribution in [0.1, 0.15) is 131 Å². The minimum atomic E-state index is -0.980. The van der Waals surface area contributed by atoms with Crippen molar-refractivity contribution in [2.24, 2.45) is 56.7 Å². The minimum Gasteiger partial charge on any atom is -0.481 e. The fourth-order valence-corrected chi connectivity index (χ4v) is 12.7. The van der Waals surface area contributed by atoms with Crippen LogP contribution in [0.25, 0.3) is 0 Å². The van der Waals surface area contributed by atoms with Gasteiger partial charge in [0.2, 0.25) is 0 Å². The molecule has 258 valence electrons. The molecule has 0 spiro atoms. The van der Waals surface area contributed by atoms with Gasteiger partial charge >= 0.3 is 23.9 Å². The number of rotatable bonds is 10. The smallest absolute Gasteiger partial charge is 0.306 e. The normalized spacial score (nSPS) is 42.4. The SMILES string of the molecule is C=C(C)C1CCC2(COC(=O)CCC(=O)O)CC[C@]3(C)C(CCC4[C@@]5(C)CCC(OC(=O)CCC(=O)O)C(C)(C)C5CC[C@]43C)C12. The third kappa shape index (κ3) is 5.61. The lowest BCUT2D eigenvalue weighted by molar-refractivity contribution is -0.252. The summed E-state index contributed by atoms with van der Waals surface area (Å²) in [6.07, 6.45) is 9.79. The number of allylic oxidation sites excluding steroid dienone is 1. The number of fused-ring (bicyclic) bond motifs is 7. The molecular weight excluding hydrogens is 584 g/mol. The topological polar surface area (TPSA) is 127 Å². The summed E-state index contributed by atoms with van der Waals surface area (Å²) in [7, 11) is 0. The number of ether oxygens (including phenoxy) is 2. The number of carbonyl (C=O) groups is 4. The van der Waals surface area contributed by atoms with E-state index in [1.165, 1.54) is 5.57 Å². The van der Waals surface area contributed by atoms with Gasteiger partial charge in [0.1, 0.15) is 6.10 Å². The minimum absolute atomic E-state index is 0.0818. The molecule has 5 rings (SSSR count). The molecule has 8 heteroatoms. The lowest BCUT2D eigenvalue weighted by atomic mass is 9.32. The zero-order valence-electron chi connectivity index (χ0n) is 29.1. The molecule has 0 radical (unpaired) electrons. The summed E-state index contributed by atoms with van der Waals surface area (Å²) in [4.78, 5) is 47.3. The summed E-state index contributed by atoms with van der Waals surface area (Å²) in [5.74, 6) is -0.505. The first kappa shape index (κ1) is 34.9. The standard InChI is InChI=1S/C38H58O8/c1-23(2)24-14-19-38(22-45-31(43)12-10-29(39)40)21-20-36(6)25(33(24)38)8-9-27-35(5)17-16-28(46-32(44)13-11-30(41)42)34(3,4)26(35)15-18-37(27,36)7/h24-28,33H,1,8-22H2,2-7H3,(H,39,40)(H,41,42)/t24?,25?,26?,27?,28?,33?,35-,36+,37+,38?/m0/s1. The number of hydrogen-bond donors (Lipinski definition) is 2. The molecule has 5 fully saturated rings. The first-order valence-corrected chi connectivity index (χ1v) is 17.9. The Labute approximate surface area is 275 Å². The van der Waals surface area contributed by atoms with Crippen LogP contribution >= 0.6 is 0 Å². The van der Waals surface area contributed by atoms with E-state index in [4.69, 9.17) is 19.7 Å². The van der Waals surface area contributed by atoms with E-state index in [2.05, 4.69) is 48.1 Å². The highest BCUT2D eigenvalue weighted by molar-refractivity contribution is 5.77. The van der Waals surface area contributed by atoms with Crippen molar-refractivity contribution in [2.75, 3.05) is 6.61 Å². The van der Waals surface area contributed by atoms with E-state index in [1.54, 1.807) is 0 Å². The van der Waals surface area contributed by atoms with E-state index in [0.29, 0.717) is 36.2 Å². The van der Waals surface area contributed by atoms with Crippen LogP contribution < -0.4 is 0 Å². The molecule has 0 aromatic carbocycles. The van der Waals surface area contributed by atoms with Gasteiger partial charge in [-0.1, -0.05) is 46.8 Å². The maximum atomic E-state index is 12.6. The molecular formula is C38H58O8. The van der Waals surface area contributed by atoms with E-state index in [1.807, 2.05) is 0 Å². The number of esters is 2. The fourth-order valence-electron chi connectivity index (χ4n) is 12.7. The number of carbonyl (C=O) groups excluding carboxylic acids is 2. The molecule has 10 atom stereocenters. The van der Waals surface area contributed by atoms with Gasteiger partial charge in [-0.25, -0.2) is 0 Å². The van der Waals surface area contributed by atoms with Gasteiger partial charge in [-0.2, -0.15) is 0 Å². The highest BCUT2D eigenvalue weighted by Crippen LogP contribution is 2.77. The zero-order valence-corrected chi connectivity index (χ0v) is 29.1. The van der Waals surface area contributed by atoms with Gasteiger partial charge in [-0.3, -0.25) is 19.2 Å². The van der Waals surface area contributed by atoms with Crippen LogP contribution in [0.2, 0.25) is 0 Å². The summed E-state index contributed by atoms with van der Waals surface area (Å²) < 4.78 is 11.9. The molecule has 46 heavy (non-hydrogen) atoms. The second kappa shape index (κ2) is 12.3. The number of hydrogen-bond acceptors (Lipinski definition) is 6. The molecule has 0 aromatic heterocycles. The molecule has 0 saturated heterocycles. The molecule has 5 saturated carbocycles. The third-order valence-corrected chi connectivity index (χ3v) is 15.1. The quantitative estimate of drug-likeness (QED) is 0.182. The average molecular weight is 643 g/mol. The summed E-state index contributed by atoms with van der Waals surface area (Å²) in [6, 6.07) is 0. The van der Waals surface area contributed by atoms with Crippen molar-refractivity contribution in [1.82, 2.24) is 0 Å². The Balaban J connectivity index is 1.38. The summed E-state index contributed by atoms with van der Waals surface area (Å²) in [6.45, 7) is 19.2. The van der Waals surface area contributed by atoms with Crippen molar-refractivity contribution >= 4 is 23.9 Å². The zero-order chi connectivity index (χ0) is 33.9. The highest BCUT2D eigenvalue weighted by atomic mass is 16.5. The van der Waals surface area contributed by atoms with E-state index >= 15 is 0 Å². The Bertz CT molecular complexity index is 1250. The second-order valence-electron chi connectivity index (χ2n) is 17.3. The molecule has 0 amide bonds. The maximum Gasteiger partial charge on any atom is 0.306 e. The Morgan fingerprint density at radius 3 is 2.00 bits per heavy atom. The summed E-state index contributed by atoms with van der Waals surface area (Å²) in [5, 5.41) is 18.1. The van der Waals surface area contributed by atoms with Crippen LogP contribution in [-0.2, 0) is 28.7 Å². The Morgan fingerprint density at radius 1 is 0.717 bits per heavy atom. The van der Waals surface area contributed by atoms with Crippen LogP contribution in [0.4, 0.5) is 0 Å². The lowest BCUT2D eigenvalue weighted by Gasteiger charge is -2.73. The predicted octanol–water partition coefficient (Wildman–Crippen LogP) is 7.83. The predicted molar refractivity (Wildman–Crippen MR) is 174 cm³/mol. The molecule has 5 aliphatic carbocycles. The Morgan fingerprint density at radius 2 is 1.37 bits per heavy atom. The average Bonchev–Trinajstić information content (AvgIpc) is 3.36. The van der Waals surface area contributed by atoms with Crippen LogP contribution in [0.5, 0.6) is 0 Å². The van der Waals surface area contributed by atoms with Gasteiger partial charge in [-0.05, 0) is 117 Å². The van der Waals surface area contributed by atoms with Gasteiger partial charge in [-0.15, -0.1) is 0 Å². The van der Waals surface area contributed by atoms with Crippen molar-refractivity contribution in [3.8, 4) is 0 Å². The highest BCUT2D eigenvalue weighted by Gasteiger charge is 2.71. The van der Waals surface area contributed by atoms with Crippen LogP contribution in [0.3, 0.4) is 0 Å². The van der Waals surface area contributed by atoms with Crippen molar-refractivity contribution in [3.63, 3.8) is 0 Å². The summed E-state index contributed by atoms with van der Waals surface area (Å²) in [5.41, 5.74) is 1.35. The number of carboxylic acids is 2. The monoisotopic (exact) mass is 642 g/mol. The third-order valence-electron chi connectivity index (χ3n) is 15.1. The molecule has 0 aliphatic heterocycles. The molecule has 2 N–H and O–H groups in total. The maximum absolute atomic E-state index is 12.6. The van der Waals surface area contributed by atoms with Gasteiger partial charge in [0.25, 0.3) is 0 Å². The molecule has 5 aliphatic rings. The molecule has 0 aromatic rings. The van der Waals surface area contributed by atoms with Crippen LogP contribution in [0.15, 0.2) is 12.2 Å². The Hall–Kier alpha value is -2.38. The van der Waals surface area contributed by atoms with Crippen molar-refractivity contribution in [2.45, 2.75) is 138 Å². The molecule has 0 heterocycles. The van der Waals surface area contributed by atoms with Crippen LogP contribution in [0, 0.1) is 56.7 Å². The number of carboxylic acid groups (broad SMARTS) is 2. The van der Waals surface area contributed by atoms with E-state index < -0.39 is 23.9 Å². The van der Waals surface area contributed by atoms with E-state index in [9.17, 15) is 19.2 Å². The van der Waals surface area contributed by atoms with Gasteiger partial charge in [0, 0.05) is 10.8 Å². The van der Waals surface area contributed by atoms with E-state index in [0.717, 1.165) is 64.2 Å².